The van der Waals surface area contributed by atoms with Crippen molar-refractivity contribution >= 4 is 29.3 Å². The summed E-state index contributed by atoms with van der Waals surface area (Å²) in [5, 5.41) is 11.9. The van der Waals surface area contributed by atoms with Gasteiger partial charge in [-0.25, -0.2) is 9.18 Å². The highest BCUT2D eigenvalue weighted by molar-refractivity contribution is 6.30. The minimum absolute atomic E-state index is 0.0441. The fraction of sp³-hybridized carbons (Fsp3) is 0.429. The molecular formula is C14H14ClFN2O3. The van der Waals surface area contributed by atoms with Crippen LogP contribution in [0.2, 0.25) is 5.02 Å². The Labute approximate surface area is 125 Å². The first kappa shape index (κ1) is 14.1. The molecule has 0 aromatic heterocycles. The van der Waals surface area contributed by atoms with E-state index in [-0.39, 0.29) is 22.8 Å². The normalized spacial score (nSPS) is 27.0. The minimum Gasteiger partial charge on any atom is -0.481 e. The molecule has 1 aromatic rings. The van der Waals surface area contributed by atoms with Gasteiger partial charge >= 0.3 is 12.0 Å². The number of fused-ring (bicyclic) bond motifs is 2. The molecule has 5 nitrogen and oxygen atoms in total. The van der Waals surface area contributed by atoms with Crippen LogP contribution in [-0.2, 0) is 4.79 Å². The smallest absolute Gasteiger partial charge is 0.322 e. The average molecular weight is 313 g/mol. The summed E-state index contributed by atoms with van der Waals surface area (Å²) < 4.78 is 13.7. The molecule has 0 aliphatic carbocycles. The van der Waals surface area contributed by atoms with E-state index in [0.717, 1.165) is 12.5 Å². The molecule has 2 N–H and O–H groups in total. The van der Waals surface area contributed by atoms with Crippen molar-refractivity contribution in [1.29, 1.82) is 0 Å². The second-order valence-corrected chi connectivity index (χ2v) is 5.88. The standard InChI is InChI=1S/C14H14ClFN2O3/c15-7-1-3-11(10(16)5-7)17-14(21)18-8-2-4-12(18)9(6-8)13(19)20/h1,3,5,8-9,12H,2,4,6H2,(H,17,21)(H,19,20). The molecule has 2 amide bonds. The molecule has 3 atom stereocenters. The van der Waals surface area contributed by atoms with Crippen LogP contribution in [-0.4, -0.2) is 34.1 Å². The molecule has 21 heavy (non-hydrogen) atoms. The first-order valence-corrected chi connectivity index (χ1v) is 7.12. The zero-order chi connectivity index (χ0) is 15.1. The number of hydrogen-bond acceptors (Lipinski definition) is 2. The molecule has 2 heterocycles. The van der Waals surface area contributed by atoms with Gasteiger partial charge in [0.15, 0.2) is 0 Å². The Bertz CT molecular complexity index is 610. The van der Waals surface area contributed by atoms with Crippen molar-refractivity contribution in [3.63, 3.8) is 0 Å². The predicted octanol–water partition coefficient (Wildman–Crippen LogP) is 2.95. The van der Waals surface area contributed by atoms with E-state index in [0.29, 0.717) is 12.8 Å². The van der Waals surface area contributed by atoms with Gasteiger partial charge in [0.05, 0.1) is 11.6 Å². The molecule has 2 bridgehead atoms. The van der Waals surface area contributed by atoms with Gasteiger partial charge in [-0.1, -0.05) is 11.6 Å². The van der Waals surface area contributed by atoms with Crippen molar-refractivity contribution in [3.05, 3.63) is 29.0 Å². The molecule has 2 aliphatic rings. The van der Waals surface area contributed by atoms with Crippen LogP contribution in [0.3, 0.4) is 0 Å². The number of urea groups is 1. The number of nitrogens with one attached hydrogen (secondary N) is 1. The number of rotatable bonds is 2. The third-order valence-corrected chi connectivity index (χ3v) is 4.50. The maximum Gasteiger partial charge on any atom is 0.322 e. The lowest BCUT2D eigenvalue weighted by Gasteiger charge is -2.23. The van der Waals surface area contributed by atoms with Gasteiger partial charge in [0.2, 0.25) is 0 Å². The maximum atomic E-state index is 13.7. The summed E-state index contributed by atoms with van der Waals surface area (Å²) in [6, 6.07) is 3.17. The molecule has 1 aromatic carbocycles. The number of carbonyl (C=O) groups is 2. The highest BCUT2D eigenvalue weighted by Gasteiger charge is 2.51. The number of carboxylic acid groups (broad SMARTS) is 1. The fourth-order valence-electron chi connectivity index (χ4n) is 3.34. The van der Waals surface area contributed by atoms with Crippen molar-refractivity contribution in [2.75, 3.05) is 5.32 Å². The summed E-state index contributed by atoms with van der Waals surface area (Å²) in [7, 11) is 0. The molecule has 3 rings (SSSR count). The Hall–Kier alpha value is -1.82. The lowest BCUT2D eigenvalue weighted by atomic mass is 9.89. The molecule has 2 fully saturated rings. The van der Waals surface area contributed by atoms with E-state index in [4.69, 9.17) is 16.7 Å². The number of nitrogens with zero attached hydrogens (tertiary/aromatic N) is 1. The van der Waals surface area contributed by atoms with E-state index in [1.165, 1.54) is 12.1 Å². The Morgan fingerprint density at radius 2 is 2.14 bits per heavy atom. The van der Waals surface area contributed by atoms with Crippen LogP contribution in [0.25, 0.3) is 0 Å². The Morgan fingerprint density at radius 1 is 1.38 bits per heavy atom. The van der Waals surface area contributed by atoms with Crippen LogP contribution in [0, 0.1) is 11.7 Å². The maximum absolute atomic E-state index is 13.7. The fourth-order valence-corrected chi connectivity index (χ4v) is 3.50. The Kier molecular flexibility index (Phi) is 3.49. The average Bonchev–Trinajstić information content (AvgIpc) is 2.99. The molecule has 112 valence electrons. The predicted molar refractivity (Wildman–Crippen MR) is 74.8 cm³/mol. The van der Waals surface area contributed by atoms with E-state index < -0.39 is 23.7 Å². The van der Waals surface area contributed by atoms with Gasteiger partial charge in [-0.3, -0.25) is 4.79 Å². The van der Waals surface area contributed by atoms with Gasteiger partial charge < -0.3 is 15.3 Å². The van der Waals surface area contributed by atoms with E-state index >= 15 is 0 Å². The first-order chi connectivity index (χ1) is 9.97. The summed E-state index contributed by atoms with van der Waals surface area (Å²) in [5.74, 6) is -2.01. The molecule has 0 saturated carbocycles. The van der Waals surface area contributed by atoms with Gasteiger partial charge in [0.1, 0.15) is 5.82 Å². The van der Waals surface area contributed by atoms with Crippen molar-refractivity contribution in [2.24, 2.45) is 5.92 Å². The van der Waals surface area contributed by atoms with Crippen LogP contribution in [0.1, 0.15) is 19.3 Å². The topological polar surface area (TPSA) is 69.6 Å². The Morgan fingerprint density at radius 3 is 2.76 bits per heavy atom. The van der Waals surface area contributed by atoms with Crippen molar-refractivity contribution in [1.82, 2.24) is 4.90 Å². The van der Waals surface area contributed by atoms with E-state index in [1.807, 2.05) is 0 Å². The molecule has 3 unspecified atom stereocenters. The van der Waals surface area contributed by atoms with Gasteiger partial charge in [0, 0.05) is 17.1 Å². The summed E-state index contributed by atoms with van der Waals surface area (Å²) in [6.45, 7) is 0. The first-order valence-electron chi connectivity index (χ1n) is 6.74. The van der Waals surface area contributed by atoms with Gasteiger partial charge in [0.25, 0.3) is 0 Å². The molecule has 0 spiro atoms. The van der Waals surface area contributed by atoms with Crippen molar-refractivity contribution < 1.29 is 19.1 Å². The number of carbonyl (C=O) groups excluding carboxylic acids is 1. The molecule has 2 aliphatic heterocycles. The van der Waals surface area contributed by atoms with Gasteiger partial charge in [-0.2, -0.15) is 0 Å². The van der Waals surface area contributed by atoms with Crippen molar-refractivity contribution in [2.45, 2.75) is 31.3 Å². The highest BCUT2D eigenvalue weighted by atomic mass is 35.5. The minimum atomic E-state index is -0.877. The van der Waals surface area contributed by atoms with E-state index in [2.05, 4.69) is 5.32 Å². The number of benzene rings is 1. The summed E-state index contributed by atoms with van der Waals surface area (Å²) in [6.07, 6.45) is 1.94. The van der Waals surface area contributed by atoms with Gasteiger partial charge in [-0.05, 0) is 37.5 Å². The second kappa shape index (κ2) is 5.18. The van der Waals surface area contributed by atoms with E-state index in [9.17, 15) is 14.0 Å². The monoisotopic (exact) mass is 312 g/mol. The van der Waals surface area contributed by atoms with Crippen molar-refractivity contribution in [3.8, 4) is 0 Å². The number of anilines is 1. The van der Waals surface area contributed by atoms with Crippen LogP contribution in [0.5, 0.6) is 0 Å². The number of hydrogen-bond donors (Lipinski definition) is 2. The zero-order valence-electron chi connectivity index (χ0n) is 11.1. The highest BCUT2D eigenvalue weighted by Crippen LogP contribution is 2.42. The largest absolute Gasteiger partial charge is 0.481 e. The van der Waals surface area contributed by atoms with Gasteiger partial charge in [-0.15, -0.1) is 0 Å². The number of halogens is 2. The van der Waals surface area contributed by atoms with Crippen LogP contribution in [0.15, 0.2) is 18.2 Å². The molecular weight excluding hydrogens is 299 g/mol. The number of carboxylic acids is 1. The van der Waals surface area contributed by atoms with Crippen LogP contribution < -0.4 is 5.32 Å². The quantitative estimate of drug-likeness (QED) is 0.882. The zero-order valence-corrected chi connectivity index (χ0v) is 11.8. The number of amides is 2. The lowest BCUT2D eigenvalue weighted by Crippen LogP contribution is -2.40. The summed E-state index contributed by atoms with van der Waals surface area (Å²) in [5.41, 5.74) is 0.0441. The third-order valence-electron chi connectivity index (χ3n) is 4.26. The lowest BCUT2D eigenvalue weighted by molar-refractivity contribution is -0.142. The number of aliphatic carboxylic acids is 1. The van der Waals surface area contributed by atoms with E-state index in [1.54, 1.807) is 4.90 Å². The molecule has 2 saturated heterocycles. The third kappa shape index (κ3) is 2.44. The molecule has 7 heteroatoms. The Balaban J connectivity index is 1.76. The van der Waals surface area contributed by atoms with Crippen LogP contribution in [0.4, 0.5) is 14.9 Å². The second-order valence-electron chi connectivity index (χ2n) is 5.44. The summed E-state index contributed by atoms with van der Waals surface area (Å²) in [4.78, 5) is 25.0. The SMILES string of the molecule is O=C(O)C1CC2CCC1N2C(=O)Nc1ccc(Cl)cc1F. The van der Waals surface area contributed by atoms with Crippen LogP contribution >= 0.6 is 11.6 Å². The summed E-state index contributed by atoms with van der Waals surface area (Å²) >= 11 is 5.66. The molecule has 0 radical (unpaired) electrons.